The minimum Gasteiger partial charge on any atom is -0.481 e. The van der Waals surface area contributed by atoms with E-state index in [4.69, 9.17) is 4.74 Å². The molecule has 1 aliphatic rings. The summed E-state index contributed by atoms with van der Waals surface area (Å²) in [6.07, 6.45) is 3.53. The maximum Gasteiger partial charge on any atom is 0.223 e. The summed E-state index contributed by atoms with van der Waals surface area (Å²) in [6.45, 7) is 2.39. The Kier molecular flexibility index (Phi) is 4.52. The summed E-state index contributed by atoms with van der Waals surface area (Å²) in [5.41, 5.74) is 1.00. The molecule has 2 N–H and O–H groups in total. The molecule has 18 heavy (non-hydrogen) atoms. The lowest BCUT2D eigenvalue weighted by atomic mass is 9.97. The lowest BCUT2D eigenvalue weighted by molar-refractivity contribution is -0.125. The van der Waals surface area contributed by atoms with E-state index in [0.717, 1.165) is 31.5 Å². The van der Waals surface area contributed by atoms with Gasteiger partial charge in [0.15, 0.2) is 0 Å². The molecule has 0 aliphatic carbocycles. The number of carbonyl (C=O) groups is 1. The maximum absolute atomic E-state index is 11.9. The Hall–Kier alpha value is -1.62. The second-order valence-electron chi connectivity index (χ2n) is 4.45. The Morgan fingerprint density at radius 3 is 3.06 bits per heavy atom. The van der Waals surface area contributed by atoms with E-state index in [1.807, 2.05) is 12.1 Å². The Bertz CT molecular complexity index is 403. The van der Waals surface area contributed by atoms with Gasteiger partial charge >= 0.3 is 0 Å². The second-order valence-corrected chi connectivity index (χ2v) is 4.45. The highest BCUT2D eigenvalue weighted by Gasteiger charge is 2.20. The molecule has 0 bridgehead atoms. The topological polar surface area (TPSA) is 63.2 Å². The molecule has 0 saturated carbocycles. The smallest absolute Gasteiger partial charge is 0.223 e. The van der Waals surface area contributed by atoms with Crippen LogP contribution in [0.25, 0.3) is 0 Å². The largest absolute Gasteiger partial charge is 0.481 e. The van der Waals surface area contributed by atoms with Crippen molar-refractivity contribution >= 4 is 5.91 Å². The third kappa shape index (κ3) is 3.43. The van der Waals surface area contributed by atoms with Gasteiger partial charge in [0.05, 0.1) is 7.11 Å². The third-order valence-electron chi connectivity index (χ3n) is 3.19. The summed E-state index contributed by atoms with van der Waals surface area (Å²) in [4.78, 5) is 16.0. The predicted octanol–water partition coefficient (Wildman–Crippen LogP) is 0.706. The summed E-state index contributed by atoms with van der Waals surface area (Å²) in [5, 5.41) is 6.22. The van der Waals surface area contributed by atoms with Crippen LogP contribution in [0.15, 0.2) is 18.3 Å². The normalized spacial score (nSPS) is 16.3. The first-order valence-electron chi connectivity index (χ1n) is 6.27. The lowest BCUT2D eigenvalue weighted by Crippen LogP contribution is -2.37. The number of carbonyl (C=O) groups excluding carboxylic acids is 1. The van der Waals surface area contributed by atoms with Crippen LogP contribution >= 0.6 is 0 Å². The molecule has 2 rings (SSSR count). The fourth-order valence-electron chi connectivity index (χ4n) is 2.09. The third-order valence-corrected chi connectivity index (χ3v) is 3.19. The van der Waals surface area contributed by atoms with Gasteiger partial charge in [0, 0.05) is 24.7 Å². The van der Waals surface area contributed by atoms with Crippen molar-refractivity contribution < 1.29 is 9.53 Å². The van der Waals surface area contributed by atoms with Gasteiger partial charge in [0.2, 0.25) is 11.8 Å². The molecule has 0 unspecified atom stereocenters. The van der Waals surface area contributed by atoms with Gasteiger partial charge in [0.25, 0.3) is 0 Å². The van der Waals surface area contributed by atoms with Gasteiger partial charge in [-0.3, -0.25) is 4.79 Å². The summed E-state index contributed by atoms with van der Waals surface area (Å²) in [5.74, 6) is 0.867. The minimum absolute atomic E-state index is 0.146. The van der Waals surface area contributed by atoms with Gasteiger partial charge in [0.1, 0.15) is 0 Å². The van der Waals surface area contributed by atoms with Crippen molar-refractivity contribution in [3.8, 4) is 5.88 Å². The number of aromatic nitrogens is 1. The number of methoxy groups -OCH3 is 1. The molecule has 0 spiro atoms. The van der Waals surface area contributed by atoms with Crippen molar-refractivity contribution in [2.45, 2.75) is 19.4 Å². The molecule has 5 heteroatoms. The molecule has 98 valence electrons. The van der Waals surface area contributed by atoms with Crippen molar-refractivity contribution in [1.29, 1.82) is 0 Å². The summed E-state index contributed by atoms with van der Waals surface area (Å²) < 4.78 is 5.05. The van der Waals surface area contributed by atoms with Gasteiger partial charge in [-0.05, 0) is 37.6 Å². The van der Waals surface area contributed by atoms with Gasteiger partial charge in [-0.25, -0.2) is 4.98 Å². The molecule has 5 nitrogen and oxygen atoms in total. The second kappa shape index (κ2) is 6.35. The van der Waals surface area contributed by atoms with Gasteiger partial charge in [-0.1, -0.05) is 0 Å². The van der Waals surface area contributed by atoms with E-state index < -0.39 is 0 Å². The summed E-state index contributed by atoms with van der Waals surface area (Å²) in [7, 11) is 1.58. The number of piperidine rings is 1. The van der Waals surface area contributed by atoms with E-state index >= 15 is 0 Å². The number of pyridine rings is 1. The molecule has 1 amide bonds. The van der Waals surface area contributed by atoms with Crippen LogP contribution in [0.2, 0.25) is 0 Å². The fraction of sp³-hybridized carbons (Fsp3) is 0.538. The average Bonchev–Trinajstić information content (AvgIpc) is 2.46. The van der Waals surface area contributed by atoms with Crippen LogP contribution in [0.4, 0.5) is 0 Å². The van der Waals surface area contributed by atoms with Gasteiger partial charge in [-0.15, -0.1) is 0 Å². The number of rotatable bonds is 4. The monoisotopic (exact) mass is 249 g/mol. The number of hydrogen-bond donors (Lipinski definition) is 2. The Balaban J connectivity index is 1.84. The number of hydrogen-bond acceptors (Lipinski definition) is 4. The van der Waals surface area contributed by atoms with Crippen molar-refractivity contribution in [3.05, 3.63) is 23.9 Å². The molecular formula is C13H19N3O2. The van der Waals surface area contributed by atoms with E-state index in [-0.39, 0.29) is 11.8 Å². The molecule has 1 aromatic rings. The Morgan fingerprint density at radius 1 is 1.56 bits per heavy atom. The van der Waals surface area contributed by atoms with Crippen LogP contribution in [0.5, 0.6) is 5.88 Å². The van der Waals surface area contributed by atoms with Crippen molar-refractivity contribution in [2.24, 2.45) is 5.92 Å². The first-order valence-corrected chi connectivity index (χ1v) is 6.27. The molecular weight excluding hydrogens is 230 g/mol. The van der Waals surface area contributed by atoms with E-state index in [2.05, 4.69) is 15.6 Å². The standard InChI is InChI=1S/C13H19N3O2/c1-18-12-8-10(2-7-15-12)9-16-13(17)11-3-5-14-6-4-11/h2,7-8,11,14H,3-6,9H2,1H3,(H,16,17). The lowest BCUT2D eigenvalue weighted by Gasteiger charge is -2.21. The van der Waals surface area contributed by atoms with E-state index in [9.17, 15) is 4.79 Å². The number of ether oxygens (including phenoxy) is 1. The molecule has 0 radical (unpaired) electrons. The van der Waals surface area contributed by atoms with Crippen molar-refractivity contribution in [2.75, 3.05) is 20.2 Å². The van der Waals surface area contributed by atoms with Crippen LogP contribution in [0.3, 0.4) is 0 Å². The first kappa shape index (κ1) is 12.8. The number of nitrogens with one attached hydrogen (secondary N) is 2. The van der Waals surface area contributed by atoms with Crippen LogP contribution in [0, 0.1) is 5.92 Å². The fourth-order valence-corrected chi connectivity index (χ4v) is 2.09. The van der Waals surface area contributed by atoms with E-state index in [1.54, 1.807) is 13.3 Å². The SMILES string of the molecule is COc1cc(CNC(=O)C2CCNCC2)ccn1. The molecule has 0 atom stereocenters. The van der Waals surface area contributed by atoms with Crippen LogP contribution < -0.4 is 15.4 Å². The molecule has 1 saturated heterocycles. The van der Waals surface area contributed by atoms with Crippen LogP contribution in [-0.4, -0.2) is 31.1 Å². The summed E-state index contributed by atoms with van der Waals surface area (Å²) in [6, 6.07) is 3.72. The number of amides is 1. The zero-order valence-electron chi connectivity index (χ0n) is 10.6. The van der Waals surface area contributed by atoms with Crippen LogP contribution in [0.1, 0.15) is 18.4 Å². The van der Waals surface area contributed by atoms with Crippen LogP contribution in [-0.2, 0) is 11.3 Å². The predicted molar refractivity (Wildman–Crippen MR) is 68.2 cm³/mol. The minimum atomic E-state index is 0.146. The quantitative estimate of drug-likeness (QED) is 0.825. The average molecular weight is 249 g/mol. The van der Waals surface area contributed by atoms with Gasteiger partial charge < -0.3 is 15.4 Å². The molecule has 1 aliphatic heterocycles. The highest BCUT2D eigenvalue weighted by Crippen LogP contribution is 2.12. The molecule has 1 aromatic heterocycles. The Labute approximate surface area is 107 Å². The summed E-state index contributed by atoms with van der Waals surface area (Å²) >= 11 is 0. The van der Waals surface area contributed by atoms with E-state index in [0.29, 0.717) is 12.4 Å². The first-order chi connectivity index (χ1) is 8.79. The molecule has 2 heterocycles. The Morgan fingerprint density at radius 2 is 2.33 bits per heavy atom. The zero-order valence-corrected chi connectivity index (χ0v) is 10.6. The van der Waals surface area contributed by atoms with E-state index in [1.165, 1.54) is 0 Å². The highest BCUT2D eigenvalue weighted by atomic mass is 16.5. The highest BCUT2D eigenvalue weighted by molar-refractivity contribution is 5.78. The molecule has 1 fully saturated rings. The molecule has 0 aromatic carbocycles. The van der Waals surface area contributed by atoms with Crippen molar-refractivity contribution in [3.63, 3.8) is 0 Å². The van der Waals surface area contributed by atoms with Gasteiger partial charge in [-0.2, -0.15) is 0 Å². The maximum atomic E-state index is 11.9. The number of nitrogens with zero attached hydrogens (tertiary/aromatic N) is 1. The zero-order chi connectivity index (χ0) is 12.8. The van der Waals surface area contributed by atoms with Crippen molar-refractivity contribution in [1.82, 2.24) is 15.6 Å².